The number of hydrogen-bond acceptors (Lipinski definition) is 4. The highest BCUT2D eigenvalue weighted by Gasteiger charge is 2.35. The molecule has 7 nitrogen and oxygen atoms in total. The van der Waals surface area contributed by atoms with Gasteiger partial charge in [0.2, 0.25) is 11.8 Å². The van der Waals surface area contributed by atoms with Crippen LogP contribution in [0.4, 0.5) is 14.5 Å². The number of benzene rings is 4. The Morgan fingerprint density at radius 3 is 2.00 bits per heavy atom. The number of carbonyl (C=O) groups is 2. The van der Waals surface area contributed by atoms with Gasteiger partial charge in [0.05, 0.1) is 10.6 Å². The number of hydrogen-bond donors (Lipinski definition) is 1. The summed E-state index contributed by atoms with van der Waals surface area (Å²) < 4.78 is 58.7. The number of rotatable bonds is 12. The molecule has 0 aliphatic carbocycles. The van der Waals surface area contributed by atoms with Gasteiger partial charge >= 0.3 is 0 Å². The second-order valence-electron chi connectivity index (χ2n) is 10.8. The molecule has 0 aromatic heterocycles. The van der Waals surface area contributed by atoms with E-state index in [1.54, 1.807) is 63.2 Å². The smallest absolute Gasteiger partial charge is 0.264 e. The molecule has 4 rings (SSSR count). The Labute approximate surface area is 257 Å². The largest absolute Gasteiger partial charge is 0.352 e. The van der Waals surface area contributed by atoms with Crippen molar-refractivity contribution in [1.82, 2.24) is 10.2 Å². The summed E-state index contributed by atoms with van der Waals surface area (Å²) in [6.07, 6.45) is 0.0734. The average molecular weight is 620 g/mol. The van der Waals surface area contributed by atoms with Gasteiger partial charge in [0.1, 0.15) is 24.2 Å². The normalized spacial score (nSPS) is 12.0. The average Bonchev–Trinajstić information content (AvgIpc) is 2.99. The molecule has 10 heteroatoms. The minimum atomic E-state index is -4.46. The summed E-state index contributed by atoms with van der Waals surface area (Å²) in [5, 5.41) is 2.84. The zero-order valence-electron chi connectivity index (χ0n) is 24.8. The lowest BCUT2D eigenvalue weighted by Crippen LogP contribution is -2.54. The summed E-state index contributed by atoms with van der Waals surface area (Å²) in [4.78, 5) is 29.0. The number of halogens is 2. The third-order valence-electron chi connectivity index (χ3n) is 7.01. The SMILES string of the molecule is Cc1ccc(S(=O)(=O)N(CC(=O)N(Cc2ccccc2F)C(Cc2ccccc2)C(=O)NC(C)C)c2ccccc2F)cc1. The molecule has 230 valence electrons. The Kier molecular flexibility index (Phi) is 10.5. The summed E-state index contributed by atoms with van der Waals surface area (Å²) in [7, 11) is -4.46. The van der Waals surface area contributed by atoms with Crippen LogP contribution in [0.2, 0.25) is 0 Å². The summed E-state index contributed by atoms with van der Waals surface area (Å²) in [6.45, 7) is 4.17. The van der Waals surface area contributed by atoms with Crippen molar-refractivity contribution in [2.24, 2.45) is 0 Å². The fourth-order valence-corrected chi connectivity index (χ4v) is 6.17. The fraction of sp³-hybridized carbons (Fsp3) is 0.235. The van der Waals surface area contributed by atoms with Gasteiger partial charge in [-0.05, 0) is 56.7 Å². The van der Waals surface area contributed by atoms with E-state index in [-0.39, 0.29) is 35.2 Å². The summed E-state index contributed by atoms with van der Waals surface area (Å²) >= 11 is 0. The van der Waals surface area contributed by atoms with Crippen LogP contribution in [0.3, 0.4) is 0 Å². The van der Waals surface area contributed by atoms with E-state index in [4.69, 9.17) is 0 Å². The predicted molar refractivity (Wildman–Crippen MR) is 166 cm³/mol. The standard InChI is InChI=1S/C34H35F2N3O4S/c1-24(2)37-34(41)32(21-26-11-5-4-6-12-26)38(22-27-13-7-8-14-29(27)35)33(40)23-39(31-16-10-9-15-30(31)36)44(42,43)28-19-17-25(3)18-20-28/h4-20,24,32H,21-23H2,1-3H3,(H,37,41). The highest BCUT2D eigenvalue weighted by molar-refractivity contribution is 7.92. The van der Waals surface area contributed by atoms with Crippen LogP contribution in [0.15, 0.2) is 108 Å². The molecule has 0 saturated heterocycles. The molecule has 2 amide bonds. The molecule has 0 aliphatic rings. The van der Waals surface area contributed by atoms with Crippen LogP contribution in [-0.4, -0.2) is 43.8 Å². The summed E-state index contributed by atoms with van der Waals surface area (Å²) in [5.74, 6) is -2.75. The Bertz CT molecular complexity index is 1700. The van der Waals surface area contributed by atoms with Gasteiger partial charge in [-0.2, -0.15) is 0 Å². The molecule has 0 radical (unpaired) electrons. The van der Waals surface area contributed by atoms with E-state index in [1.165, 1.54) is 53.4 Å². The number of carbonyl (C=O) groups excluding carboxylic acids is 2. The van der Waals surface area contributed by atoms with E-state index in [1.807, 2.05) is 6.07 Å². The Hall–Kier alpha value is -4.57. The monoisotopic (exact) mass is 619 g/mol. The van der Waals surface area contributed by atoms with Gasteiger partial charge in [-0.3, -0.25) is 13.9 Å². The van der Waals surface area contributed by atoms with E-state index in [0.717, 1.165) is 17.2 Å². The topological polar surface area (TPSA) is 86.8 Å². The molecule has 44 heavy (non-hydrogen) atoms. The molecule has 0 aliphatic heterocycles. The molecule has 0 fully saturated rings. The van der Waals surface area contributed by atoms with Crippen molar-refractivity contribution in [2.45, 2.75) is 50.7 Å². The highest BCUT2D eigenvalue weighted by atomic mass is 32.2. The Balaban J connectivity index is 1.82. The molecule has 0 spiro atoms. The summed E-state index contributed by atoms with van der Waals surface area (Å²) in [6, 6.07) is 24.7. The number of para-hydroxylation sites is 1. The van der Waals surface area contributed by atoms with Gasteiger partial charge in [0.25, 0.3) is 10.0 Å². The van der Waals surface area contributed by atoms with E-state index < -0.39 is 46.1 Å². The van der Waals surface area contributed by atoms with Crippen molar-refractivity contribution in [3.63, 3.8) is 0 Å². The first-order valence-electron chi connectivity index (χ1n) is 14.2. The van der Waals surface area contributed by atoms with Gasteiger partial charge in [0.15, 0.2) is 0 Å². The molecule has 1 unspecified atom stereocenters. The molecule has 0 bridgehead atoms. The fourth-order valence-electron chi connectivity index (χ4n) is 4.75. The van der Waals surface area contributed by atoms with Crippen LogP contribution in [0.1, 0.15) is 30.5 Å². The van der Waals surface area contributed by atoms with Crippen molar-refractivity contribution in [3.05, 3.63) is 131 Å². The van der Waals surface area contributed by atoms with Crippen LogP contribution >= 0.6 is 0 Å². The lowest BCUT2D eigenvalue weighted by Gasteiger charge is -2.34. The number of nitrogens with one attached hydrogen (secondary N) is 1. The molecule has 1 atom stereocenters. The second kappa shape index (κ2) is 14.3. The van der Waals surface area contributed by atoms with Crippen LogP contribution in [0.5, 0.6) is 0 Å². The molecule has 4 aromatic carbocycles. The molecule has 1 N–H and O–H groups in total. The molecule has 0 heterocycles. The maximum atomic E-state index is 15.2. The van der Waals surface area contributed by atoms with Gasteiger partial charge in [-0.15, -0.1) is 0 Å². The molecular formula is C34H35F2N3O4S. The zero-order valence-corrected chi connectivity index (χ0v) is 25.6. The van der Waals surface area contributed by atoms with Crippen LogP contribution in [-0.2, 0) is 32.6 Å². The van der Waals surface area contributed by atoms with Gasteiger partial charge in [-0.1, -0.05) is 78.4 Å². The number of anilines is 1. The first-order valence-corrected chi connectivity index (χ1v) is 15.6. The van der Waals surface area contributed by atoms with Crippen LogP contribution < -0.4 is 9.62 Å². The maximum Gasteiger partial charge on any atom is 0.264 e. The lowest BCUT2D eigenvalue weighted by molar-refractivity contribution is -0.140. The van der Waals surface area contributed by atoms with Gasteiger partial charge < -0.3 is 10.2 Å². The third kappa shape index (κ3) is 7.87. The summed E-state index contributed by atoms with van der Waals surface area (Å²) in [5.41, 5.74) is 1.35. The van der Waals surface area contributed by atoms with Crippen molar-refractivity contribution in [3.8, 4) is 0 Å². The van der Waals surface area contributed by atoms with Crippen molar-refractivity contribution < 1.29 is 26.8 Å². The minimum Gasteiger partial charge on any atom is -0.352 e. The number of nitrogens with zero attached hydrogens (tertiary/aromatic N) is 2. The number of sulfonamides is 1. The first kappa shape index (κ1) is 32.3. The Morgan fingerprint density at radius 2 is 1.39 bits per heavy atom. The second-order valence-corrected chi connectivity index (χ2v) is 12.6. The van der Waals surface area contributed by atoms with E-state index in [2.05, 4.69) is 5.32 Å². The maximum absolute atomic E-state index is 15.2. The Morgan fingerprint density at radius 1 is 0.795 bits per heavy atom. The number of aryl methyl sites for hydroxylation is 1. The van der Waals surface area contributed by atoms with Crippen molar-refractivity contribution in [2.75, 3.05) is 10.8 Å². The van der Waals surface area contributed by atoms with Crippen LogP contribution in [0, 0.1) is 18.6 Å². The first-order chi connectivity index (χ1) is 21.0. The van der Waals surface area contributed by atoms with E-state index >= 15 is 4.39 Å². The predicted octanol–water partition coefficient (Wildman–Crippen LogP) is 5.63. The number of amides is 2. The molecular weight excluding hydrogens is 584 g/mol. The van der Waals surface area contributed by atoms with Crippen molar-refractivity contribution in [1.29, 1.82) is 0 Å². The highest BCUT2D eigenvalue weighted by Crippen LogP contribution is 2.27. The van der Waals surface area contributed by atoms with Gasteiger partial charge in [0, 0.05) is 24.6 Å². The van der Waals surface area contributed by atoms with E-state index in [0.29, 0.717) is 4.31 Å². The van der Waals surface area contributed by atoms with E-state index in [9.17, 15) is 22.4 Å². The van der Waals surface area contributed by atoms with Crippen molar-refractivity contribution >= 4 is 27.5 Å². The van der Waals surface area contributed by atoms with Crippen LogP contribution in [0.25, 0.3) is 0 Å². The lowest BCUT2D eigenvalue weighted by atomic mass is 10.0. The third-order valence-corrected chi connectivity index (χ3v) is 8.78. The molecule has 0 saturated carbocycles. The zero-order chi connectivity index (χ0) is 31.9. The molecule has 4 aromatic rings. The minimum absolute atomic E-state index is 0.0734. The quantitative estimate of drug-likeness (QED) is 0.223. The van der Waals surface area contributed by atoms with Gasteiger partial charge in [-0.25, -0.2) is 17.2 Å².